The van der Waals surface area contributed by atoms with E-state index in [4.69, 9.17) is 11.6 Å². The molecule has 0 aliphatic carbocycles. The molecule has 26 heavy (non-hydrogen) atoms. The molecule has 0 saturated carbocycles. The van der Waals surface area contributed by atoms with Crippen LogP contribution >= 0.6 is 11.6 Å². The number of benzene rings is 3. The van der Waals surface area contributed by atoms with E-state index >= 15 is 0 Å². The molecule has 4 nitrogen and oxygen atoms in total. The highest BCUT2D eigenvalue weighted by atomic mass is 35.5. The van der Waals surface area contributed by atoms with Gasteiger partial charge in [-0.3, -0.25) is 4.79 Å². The molecule has 0 spiro atoms. The molecule has 1 unspecified atom stereocenters. The van der Waals surface area contributed by atoms with E-state index in [9.17, 15) is 4.79 Å². The van der Waals surface area contributed by atoms with Gasteiger partial charge in [0.1, 0.15) is 0 Å². The Labute approximate surface area is 156 Å². The van der Waals surface area contributed by atoms with Crippen LogP contribution in [0.5, 0.6) is 0 Å². The minimum Gasteiger partial charge on any atom is -0.359 e. The number of halogens is 1. The molecule has 0 saturated heterocycles. The number of rotatable bonds is 3. The molecule has 1 N–H and O–H groups in total. The van der Waals surface area contributed by atoms with Crippen LogP contribution in [0.4, 0.5) is 5.69 Å². The fourth-order valence-electron chi connectivity index (χ4n) is 2.92. The van der Waals surface area contributed by atoms with Crippen molar-refractivity contribution in [2.24, 2.45) is 5.10 Å². The van der Waals surface area contributed by atoms with Gasteiger partial charge >= 0.3 is 0 Å². The van der Waals surface area contributed by atoms with Crippen LogP contribution in [0.2, 0.25) is 5.02 Å². The zero-order chi connectivity index (χ0) is 17.9. The Kier molecular flexibility index (Phi) is 4.42. The first-order valence-corrected chi connectivity index (χ1v) is 8.64. The van der Waals surface area contributed by atoms with Gasteiger partial charge in [-0.2, -0.15) is 5.10 Å². The fourth-order valence-corrected chi connectivity index (χ4v) is 3.09. The molecule has 3 aromatic rings. The lowest BCUT2D eigenvalue weighted by Gasteiger charge is -2.34. The zero-order valence-electron chi connectivity index (χ0n) is 13.8. The quantitative estimate of drug-likeness (QED) is 0.671. The van der Waals surface area contributed by atoms with Gasteiger partial charge in [-0.05, 0) is 29.3 Å². The maximum atomic E-state index is 13.1. The van der Waals surface area contributed by atoms with Gasteiger partial charge in [-0.15, -0.1) is 0 Å². The largest absolute Gasteiger partial charge is 0.359 e. The van der Waals surface area contributed by atoms with Crippen molar-refractivity contribution in [3.8, 4) is 0 Å². The summed E-state index contributed by atoms with van der Waals surface area (Å²) in [5.41, 5.74) is 3.13. The third-order valence-corrected chi connectivity index (χ3v) is 4.44. The molecular formula is C21H16ClN3O. The number of hydrogen-bond donors (Lipinski definition) is 1. The third kappa shape index (κ3) is 3.19. The molecule has 1 aliphatic heterocycles. The van der Waals surface area contributed by atoms with Crippen LogP contribution in [0.3, 0.4) is 0 Å². The first kappa shape index (κ1) is 16.4. The Morgan fingerprint density at radius 2 is 1.65 bits per heavy atom. The van der Waals surface area contributed by atoms with Crippen LogP contribution < -0.4 is 5.32 Å². The van der Waals surface area contributed by atoms with Gasteiger partial charge in [-0.25, -0.2) is 5.01 Å². The van der Waals surface area contributed by atoms with Crippen molar-refractivity contribution in [1.82, 2.24) is 5.01 Å². The highest BCUT2D eigenvalue weighted by Crippen LogP contribution is 2.34. The average Bonchev–Trinajstić information content (AvgIpc) is 2.69. The molecule has 1 aliphatic rings. The fraction of sp³-hybridized carbons (Fsp3) is 0.0476. The van der Waals surface area contributed by atoms with Crippen LogP contribution in [0.1, 0.15) is 27.7 Å². The summed E-state index contributed by atoms with van der Waals surface area (Å²) in [7, 11) is 0. The Balaban J connectivity index is 1.76. The van der Waals surface area contributed by atoms with Gasteiger partial charge in [0, 0.05) is 10.7 Å². The number of hydrogen-bond acceptors (Lipinski definition) is 3. The summed E-state index contributed by atoms with van der Waals surface area (Å²) in [6.45, 7) is 0. The summed E-state index contributed by atoms with van der Waals surface area (Å²) in [6.07, 6.45) is 1.29. The summed E-state index contributed by atoms with van der Waals surface area (Å²) < 4.78 is 0. The monoisotopic (exact) mass is 361 g/mol. The van der Waals surface area contributed by atoms with Crippen molar-refractivity contribution < 1.29 is 4.79 Å². The van der Waals surface area contributed by atoms with Gasteiger partial charge in [-0.1, -0.05) is 72.3 Å². The van der Waals surface area contributed by atoms with Crippen molar-refractivity contribution in [1.29, 1.82) is 0 Å². The van der Waals surface area contributed by atoms with Crippen LogP contribution in [-0.4, -0.2) is 17.1 Å². The lowest BCUT2D eigenvalue weighted by molar-refractivity contribution is 0.0691. The number of nitrogens with one attached hydrogen (secondary N) is 1. The minimum absolute atomic E-state index is 0.192. The molecular weight excluding hydrogens is 346 g/mol. The summed E-state index contributed by atoms with van der Waals surface area (Å²) >= 11 is 6.08. The third-order valence-electron chi connectivity index (χ3n) is 4.20. The number of anilines is 1. The smallest absolute Gasteiger partial charge is 0.278 e. The van der Waals surface area contributed by atoms with Crippen LogP contribution in [0, 0.1) is 0 Å². The van der Waals surface area contributed by atoms with Crippen molar-refractivity contribution in [3.63, 3.8) is 0 Å². The van der Waals surface area contributed by atoms with E-state index in [1.54, 1.807) is 18.3 Å². The van der Waals surface area contributed by atoms with Gasteiger partial charge in [0.2, 0.25) is 0 Å². The summed E-state index contributed by atoms with van der Waals surface area (Å²) in [5, 5.41) is 9.84. The maximum absolute atomic E-state index is 13.1. The van der Waals surface area contributed by atoms with E-state index < -0.39 is 6.17 Å². The number of carbonyl (C=O) groups excluding carboxylic acids is 1. The van der Waals surface area contributed by atoms with E-state index in [1.807, 2.05) is 66.7 Å². The Morgan fingerprint density at radius 1 is 0.962 bits per heavy atom. The van der Waals surface area contributed by atoms with E-state index in [2.05, 4.69) is 10.4 Å². The molecule has 0 bridgehead atoms. The van der Waals surface area contributed by atoms with E-state index in [1.165, 1.54) is 5.01 Å². The molecule has 1 atom stereocenters. The van der Waals surface area contributed by atoms with Crippen LogP contribution in [0.15, 0.2) is 84.0 Å². The Bertz CT molecular complexity index is 958. The minimum atomic E-state index is -0.391. The number of hydrazone groups is 1. The highest BCUT2D eigenvalue weighted by molar-refractivity contribution is 6.31. The normalized spacial score (nSPS) is 16.4. The van der Waals surface area contributed by atoms with Crippen molar-refractivity contribution in [2.45, 2.75) is 6.17 Å². The maximum Gasteiger partial charge on any atom is 0.278 e. The standard InChI is InChI=1S/C21H16ClN3O/c22-17-11-12-19-18(13-17)21(26)25(23-14-15-7-3-1-4-8-15)20(24-19)16-9-5-2-6-10-16/h1-14,20,24H. The molecule has 0 fully saturated rings. The molecule has 0 radical (unpaired) electrons. The topological polar surface area (TPSA) is 44.7 Å². The van der Waals surface area contributed by atoms with E-state index in [0.717, 1.165) is 16.8 Å². The van der Waals surface area contributed by atoms with Gasteiger partial charge in [0.15, 0.2) is 6.17 Å². The first-order valence-electron chi connectivity index (χ1n) is 8.26. The molecule has 5 heteroatoms. The van der Waals surface area contributed by atoms with Gasteiger partial charge in [0.25, 0.3) is 5.91 Å². The highest BCUT2D eigenvalue weighted by Gasteiger charge is 2.33. The number of carbonyl (C=O) groups is 1. The number of fused-ring (bicyclic) bond motifs is 1. The molecule has 1 heterocycles. The molecule has 1 amide bonds. The Morgan fingerprint density at radius 3 is 2.38 bits per heavy atom. The molecule has 4 rings (SSSR count). The second-order valence-electron chi connectivity index (χ2n) is 5.95. The number of amides is 1. The number of nitrogens with zero attached hydrogens (tertiary/aromatic N) is 2. The summed E-state index contributed by atoms with van der Waals surface area (Å²) in [4.78, 5) is 13.1. The zero-order valence-corrected chi connectivity index (χ0v) is 14.6. The van der Waals surface area contributed by atoms with E-state index in [0.29, 0.717) is 10.6 Å². The predicted octanol–water partition coefficient (Wildman–Crippen LogP) is 4.94. The average molecular weight is 362 g/mol. The SMILES string of the molecule is O=C1c2cc(Cl)ccc2NC(c2ccccc2)N1N=Cc1ccccc1. The van der Waals surface area contributed by atoms with Crippen LogP contribution in [0.25, 0.3) is 0 Å². The summed E-state index contributed by atoms with van der Waals surface area (Å²) in [5.74, 6) is -0.192. The second-order valence-corrected chi connectivity index (χ2v) is 6.39. The Hall–Kier alpha value is -3.11. The van der Waals surface area contributed by atoms with Gasteiger partial charge < -0.3 is 5.32 Å². The predicted molar refractivity (Wildman–Crippen MR) is 104 cm³/mol. The molecule has 128 valence electrons. The molecule has 3 aromatic carbocycles. The first-order chi connectivity index (χ1) is 12.7. The van der Waals surface area contributed by atoms with Crippen LogP contribution in [-0.2, 0) is 0 Å². The second kappa shape index (κ2) is 7.02. The summed E-state index contributed by atoms with van der Waals surface area (Å²) in [6, 6.07) is 24.7. The van der Waals surface area contributed by atoms with Gasteiger partial charge in [0.05, 0.1) is 11.8 Å². The van der Waals surface area contributed by atoms with Crippen molar-refractivity contribution >= 4 is 29.4 Å². The van der Waals surface area contributed by atoms with Crippen molar-refractivity contribution in [3.05, 3.63) is 101 Å². The molecule has 0 aromatic heterocycles. The van der Waals surface area contributed by atoms with Crippen molar-refractivity contribution in [2.75, 3.05) is 5.32 Å². The van der Waals surface area contributed by atoms with E-state index in [-0.39, 0.29) is 5.91 Å². The lowest BCUT2D eigenvalue weighted by atomic mass is 10.1. The lowest BCUT2D eigenvalue weighted by Crippen LogP contribution is -2.39.